The van der Waals surface area contributed by atoms with Gasteiger partial charge in [0.25, 0.3) is 0 Å². The first-order valence-electron chi connectivity index (χ1n) is 15.7. The lowest BCUT2D eigenvalue weighted by Crippen LogP contribution is -2.59. The predicted octanol–water partition coefficient (Wildman–Crippen LogP) is 4.54. The van der Waals surface area contributed by atoms with Gasteiger partial charge in [-0.1, -0.05) is 35.9 Å². The quantitative estimate of drug-likeness (QED) is 0.405. The molecule has 0 spiro atoms. The predicted molar refractivity (Wildman–Crippen MR) is 170 cm³/mol. The molecule has 0 saturated carbocycles. The van der Waals surface area contributed by atoms with Crippen molar-refractivity contribution in [1.29, 1.82) is 0 Å². The van der Waals surface area contributed by atoms with Crippen LogP contribution in [0.3, 0.4) is 0 Å². The summed E-state index contributed by atoms with van der Waals surface area (Å²) >= 11 is 6.22. The first kappa shape index (κ1) is 33.8. The minimum absolute atomic E-state index is 0.118. The molecular formula is C33H43ClFN3O6S. The maximum Gasteiger partial charge on any atom is 0.407 e. The summed E-state index contributed by atoms with van der Waals surface area (Å²) in [7, 11) is -2.14. The van der Waals surface area contributed by atoms with Crippen LogP contribution in [0.5, 0.6) is 0 Å². The normalized spacial score (nSPS) is 30.1. The Hall–Kier alpha value is -2.57. The number of rotatable bonds is 9. The third-order valence-corrected chi connectivity index (χ3v) is 11.8. The molecule has 2 N–H and O–H groups in total. The Morgan fingerprint density at radius 2 is 1.89 bits per heavy atom. The number of ether oxygens (including phenoxy) is 2. The van der Waals surface area contributed by atoms with E-state index in [2.05, 4.69) is 10.6 Å². The van der Waals surface area contributed by atoms with Crippen molar-refractivity contribution in [3.63, 3.8) is 0 Å². The van der Waals surface area contributed by atoms with Crippen LogP contribution in [0.25, 0.3) is 0 Å². The number of nitrogens with one attached hydrogen (secondary N) is 2. The Kier molecular flexibility index (Phi) is 10.5. The van der Waals surface area contributed by atoms with E-state index in [1.54, 1.807) is 28.6 Å². The average molecular weight is 664 g/mol. The van der Waals surface area contributed by atoms with Crippen LogP contribution >= 0.6 is 11.6 Å². The monoisotopic (exact) mass is 663 g/mol. The molecule has 3 saturated heterocycles. The van der Waals surface area contributed by atoms with Crippen LogP contribution < -0.4 is 10.6 Å². The number of piperazine rings is 1. The van der Waals surface area contributed by atoms with E-state index in [1.165, 1.54) is 13.2 Å². The van der Waals surface area contributed by atoms with Gasteiger partial charge in [-0.15, -0.1) is 0 Å². The zero-order valence-electron chi connectivity index (χ0n) is 26.1. The fourth-order valence-electron chi connectivity index (χ4n) is 7.62. The smallest absolute Gasteiger partial charge is 0.407 e. The van der Waals surface area contributed by atoms with Crippen LogP contribution in [0.2, 0.25) is 5.02 Å². The van der Waals surface area contributed by atoms with Gasteiger partial charge in [-0.2, -0.15) is 4.31 Å². The Balaban J connectivity index is 1.44. The largest absolute Gasteiger partial charge is 0.453 e. The maximum absolute atomic E-state index is 15.4. The van der Waals surface area contributed by atoms with E-state index in [0.29, 0.717) is 54.9 Å². The van der Waals surface area contributed by atoms with Gasteiger partial charge in [-0.25, -0.2) is 17.6 Å². The molecule has 2 bridgehead atoms. The van der Waals surface area contributed by atoms with E-state index in [0.717, 1.165) is 12.0 Å². The standard InChI is InChI=1S/C33H43ClFN3O6S/c1-21-17-33(18-22(2)44-21,24-9-11-25(34)12-10-24)31(37-32(40)43-3)30(39)16-23-6-4-8-29(35)28(23)14-13-27-19-36-26-7-5-15-45(41,42)38(27)20-26/h4,6,8-12,21-22,26-27,31,36H,5,7,13-20H2,1-3H3,(H,37,40)/t21-,22+,26-,27+,31-,33?/m1/s1. The number of fused-ring (bicyclic) bond motifs is 2. The van der Waals surface area contributed by atoms with E-state index in [9.17, 15) is 18.0 Å². The zero-order chi connectivity index (χ0) is 32.4. The number of nitrogens with zero attached hydrogens (tertiary/aromatic N) is 1. The SMILES string of the molecule is COC(=O)N[C@H](C(=O)Cc1cccc(F)c1CC[C@H]1CN[C@@H]2CCCS(=O)(=O)N1C2)C1(c2ccc(Cl)cc2)C[C@@H](C)O[C@@H](C)C1. The topological polar surface area (TPSA) is 114 Å². The molecule has 3 heterocycles. The minimum Gasteiger partial charge on any atom is -0.453 e. The highest BCUT2D eigenvalue weighted by atomic mass is 35.5. The molecule has 3 aliphatic rings. The van der Waals surface area contributed by atoms with Gasteiger partial charge in [0.1, 0.15) is 11.9 Å². The molecule has 12 heteroatoms. The van der Waals surface area contributed by atoms with Gasteiger partial charge in [-0.3, -0.25) is 4.79 Å². The molecule has 45 heavy (non-hydrogen) atoms. The summed E-state index contributed by atoms with van der Waals surface area (Å²) in [5.41, 5.74) is 0.888. The molecule has 2 unspecified atom stereocenters. The number of sulfonamides is 1. The number of methoxy groups -OCH3 is 1. The maximum atomic E-state index is 15.4. The van der Waals surface area contributed by atoms with Crippen molar-refractivity contribution in [3.8, 4) is 0 Å². The van der Waals surface area contributed by atoms with E-state index < -0.39 is 33.4 Å². The number of carbonyl (C=O) groups is 2. The van der Waals surface area contributed by atoms with Gasteiger partial charge >= 0.3 is 6.09 Å². The van der Waals surface area contributed by atoms with Gasteiger partial charge in [-0.05, 0) is 87.3 Å². The molecule has 0 aliphatic carbocycles. The Bertz CT molecular complexity index is 1480. The lowest BCUT2D eigenvalue weighted by atomic mass is 9.64. The van der Waals surface area contributed by atoms with Crippen LogP contribution in [0, 0.1) is 5.82 Å². The van der Waals surface area contributed by atoms with E-state index in [4.69, 9.17) is 21.1 Å². The second-order valence-corrected chi connectivity index (χ2v) is 15.2. The lowest BCUT2D eigenvalue weighted by Gasteiger charge is -2.47. The summed E-state index contributed by atoms with van der Waals surface area (Å²) in [6, 6.07) is 10.8. The van der Waals surface area contributed by atoms with Gasteiger partial charge in [0.05, 0.1) is 25.1 Å². The van der Waals surface area contributed by atoms with Crippen molar-refractivity contribution in [2.75, 3.05) is 26.0 Å². The molecule has 0 radical (unpaired) electrons. The number of hydrogen-bond acceptors (Lipinski definition) is 7. The van der Waals surface area contributed by atoms with Crippen LogP contribution in [0.4, 0.5) is 9.18 Å². The fourth-order valence-corrected chi connectivity index (χ4v) is 9.55. The number of amides is 1. The summed E-state index contributed by atoms with van der Waals surface area (Å²) in [6.07, 6.45) is 1.72. The number of benzene rings is 2. The Morgan fingerprint density at radius 3 is 2.58 bits per heavy atom. The first-order chi connectivity index (χ1) is 21.4. The van der Waals surface area contributed by atoms with Gasteiger partial charge < -0.3 is 20.1 Å². The molecule has 7 atom stereocenters. The summed E-state index contributed by atoms with van der Waals surface area (Å²) < 4.78 is 54.0. The molecule has 1 amide bonds. The zero-order valence-corrected chi connectivity index (χ0v) is 27.6. The third-order valence-electron chi connectivity index (χ3n) is 9.58. The molecule has 3 aliphatic heterocycles. The summed E-state index contributed by atoms with van der Waals surface area (Å²) in [6.45, 7) is 4.80. The highest BCUT2D eigenvalue weighted by Gasteiger charge is 2.49. The van der Waals surface area contributed by atoms with Gasteiger partial charge in [0, 0.05) is 42.0 Å². The molecule has 3 fully saturated rings. The van der Waals surface area contributed by atoms with E-state index >= 15 is 4.39 Å². The van der Waals surface area contributed by atoms with Crippen LogP contribution in [0.15, 0.2) is 42.5 Å². The fraction of sp³-hybridized carbons (Fsp3) is 0.576. The first-order valence-corrected chi connectivity index (χ1v) is 17.7. The summed E-state index contributed by atoms with van der Waals surface area (Å²) in [4.78, 5) is 27.1. The molecular weight excluding hydrogens is 621 g/mol. The minimum atomic E-state index is -3.39. The molecule has 9 nitrogen and oxygen atoms in total. The Labute approximate surface area is 270 Å². The van der Waals surface area contributed by atoms with E-state index in [1.807, 2.05) is 26.0 Å². The molecule has 0 aromatic heterocycles. The van der Waals surface area contributed by atoms with Crippen molar-refractivity contribution in [2.24, 2.45) is 0 Å². The average Bonchev–Trinajstić information content (AvgIpc) is 3.10. The molecule has 246 valence electrons. The van der Waals surface area contributed by atoms with Crippen molar-refractivity contribution >= 4 is 33.5 Å². The van der Waals surface area contributed by atoms with Crippen molar-refractivity contribution in [3.05, 3.63) is 70.0 Å². The van der Waals surface area contributed by atoms with Gasteiger partial charge in [0.2, 0.25) is 10.0 Å². The number of halogens is 2. The summed E-state index contributed by atoms with van der Waals surface area (Å²) in [5, 5.41) is 6.84. The molecule has 2 aromatic rings. The summed E-state index contributed by atoms with van der Waals surface area (Å²) in [5.74, 6) is -0.618. The van der Waals surface area contributed by atoms with Crippen LogP contribution in [0.1, 0.15) is 62.6 Å². The lowest BCUT2D eigenvalue weighted by molar-refractivity contribution is -0.126. The van der Waals surface area contributed by atoms with Crippen LogP contribution in [-0.4, -0.2) is 80.9 Å². The number of ketones is 1. The number of alkyl carbamates (subject to hydrolysis) is 1. The Morgan fingerprint density at radius 1 is 1.18 bits per heavy atom. The second kappa shape index (κ2) is 14.0. The van der Waals surface area contributed by atoms with Gasteiger partial charge in [0.15, 0.2) is 5.78 Å². The highest BCUT2D eigenvalue weighted by Crippen LogP contribution is 2.44. The van der Waals surface area contributed by atoms with E-state index in [-0.39, 0.29) is 48.7 Å². The van der Waals surface area contributed by atoms with Crippen molar-refractivity contribution < 1.29 is 31.9 Å². The van der Waals surface area contributed by atoms with Crippen LogP contribution in [-0.2, 0) is 42.5 Å². The van der Waals surface area contributed by atoms with Crippen molar-refractivity contribution in [1.82, 2.24) is 14.9 Å². The third kappa shape index (κ3) is 7.54. The number of carbonyl (C=O) groups excluding carboxylic acids is 2. The molecule has 5 rings (SSSR count). The van der Waals surface area contributed by atoms with Crippen molar-refractivity contribution in [2.45, 2.75) is 94.5 Å². The number of Topliss-reactive ketones (excluding diaryl/α,β-unsaturated/α-hetero) is 1. The second-order valence-electron chi connectivity index (χ2n) is 12.7. The number of hydrogen-bond donors (Lipinski definition) is 2. The highest BCUT2D eigenvalue weighted by molar-refractivity contribution is 7.89. The molecule has 2 aromatic carbocycles.